The van der Waals surface area contributed by atoms with Gasteiger partial charge in [-0.25, -0.2) is 0 Å². The minimum atomic E-state index is 0.681. The maximum atomic E-state index is 6.27. The van der Waals surface area contributed by atoms with Crippen molar-refractivity contribution >= 4 is 11.4 Å². The van der Waals surface area contributed by atoms with E-state index in [1.807, 2.05) is 42.6 Å². The molecule has 0 fully saturated rings. The van der Waals surface area contributed by atoms with E-state index in [0.717, 1.165) is 36.6 Å². The summed E-state index contributed by atoms with van der Waals surface area (Å²) < 4.78 is 5.70. The van der Waals surface area contributed by atoms with Crippen LogP contribution in [0, 0.1) is 0 Å². The van der Waals surface area contributed by atoms with Crippen molar-refractivity contribution in [3.63, 3.8) is 0 Å². The molecule has 1 aromatic heterocycles. The number of nitrogens with zero attached hydrogens (tertiary/aromatic N) is 2. The second-order valence-corrected chi connectivity index (χ2v) is 4.87. The molecular formula is C17H23N3O. The molecule has 0 atom stereocenters. The van der Waals surface area contributed by atoms with Gasteiger partial charge in [0, 0.05) is 12.7 Å². The van der Waals surface area contributed by atoms with Gasteiger partial charge in [0.2, 0.25) is 0 Å². The number of anilines is 2. The van der Waals surface area contributed by atoms with Crippen LogP contribution in [0.1, 0.15) is 26.0 Å². The normalized spacial score (nSPS) is 10.4. The van der Waals surface area contributed by atoms with Gasteiger partial charge in [-0.05, 0) is 37.6 Å². The Kier molecular flexibility index (Phi) is 5.43. The van der Waals surface area contributed by atoms with Gasteiger partial charge in [-0.2, -0.15) is 0 Å². The number of hydrogen-bond donors (Lipinski definition) is 1. The van der Waals surface area contributed by atoms with Crippen molar-refractivity contribution in [2.45, 2.75) is 26.8 Å². The molecule has 2 N–H and O–H groups in total. The number of benzene rings is 1. The maximum Gasteiger partial charge on any atom is 0.144 e. The molecule has 2 rings (SSSR count). The first kappa shape index (κ1) is 15.2. The van der Waals surface area contributed by atoms with Crippen molar-refractivity contribution in [2.75, 3.05) is 23.8 Å². The molecule has 0 bridgehead atoms. The number of aromatic nitrogens is 1. The molecule has 1 aromatic carbocycles. The molecule has 1 heterocycles. The Labute approximate surface area is 126 Å². The van der Waals surface area contributed by atoms with Gasteiger partial charge in [0.1, 0.15) is 5.75 Å². The van der Waals surface area contributed by atoms with Gasteiger partial charge in [-0.3, -0.25) is 4.98 Å². The highest BCUT2D eigenvalue weighted by molar-refractivity contribution is 5.74. The van der Waals surface area contributed by atoms with Crippen molar-refractivity contribution in [2.24, 2.45) is 0 Å². The quantitative estimate of drug-likeness (QED) is 0.791. The first-order valence-corrected chi connectivity index (χ1v) is 7.42. The zero-order valence-corrected chi connectivity index (χ0v) is 12.7. The molecule has 0 unspecified atom stereocenters. The maximum absolute atomic E-state index is 6.27. The molecule has 4 nitrogen and oxygen atoms in total. The molecule has 4 heteroatoms. The van der Waals surface area contributed by atoms with E-state index in [-0.39, 0.29) is 0 Å². The average Bonchev–Trinajstić information content (AvgIpc) is 2.53. The number of hydrogen-bond acceptors (Lipinski definition) is 4. The molecule has 0 aliphatic heterocycles. The predicted molar refractivity (Wildman–Crippen MR) is 87.6 cm³/mol. The van der Waals surface area contributed by atoms with E-state index < -0.39 is 0 Å². The fourth-order valence-corrected chi connectivity index (χ4v) is 2.20. The van der Waals surface area contributed by atoms with Crippen molar-refractivity contribution in [3.05, 3.63) is 48.3 Å². The minimum absolute atomic E-state index is 0.681. The topological polar surface area (TPSA) is 51.4 Å². The summed E-state index contributed by atoms with van der Waals surface area (Å²) in [6.45, 7) is 6.47. The number of nitrogen functional groups attached to an aromatic ring is 1. The lowest BCUT2D eigenvalue weighted by Crippen LogP contribution is -2.23. The lowest BCUT2D eigenvalue weighted by molar-refractivity contribution is 0.319. The molecule has 21 heavy (non-hydrogen) atoms. The second kappa shape index (κ2) is 7.53. The fourth-order valence-electron chi connectivity index (χ4n) is 2.20. The number of rotatable bonds is 7. The molecule has 0 aliphatic rings. The van der Waals surface area contributed by atoms with E-state index in [0.29, 0.717) is 12.3 Å². The summed E-state index contributed by atoms with van der Waals surface area (Å²) >= 11 is 0. The highest BCUT2D eigenvalue weighted by Gasteiger charge is 2.12. The van der Waals surface area contributed by atoms with Crippen LogP contribution in [0.15, 0.2) is 42.6 Å². The Morgan fingerprint density at radius 2 is 2.00 bits per heavy atom. The van der Waals surface area contributed by atoms with Gasteiger partial charge in [0.25, 0.3) is 0 Å². The van der Waals surface area contributed by atoms with E-state index in [2.05, 4.69) is 23.7 Å². The first-order valence-electron chi connectivity index (χ1n) is 7.42. The Morgan fingerprint density at radius 1 is 1.14 bits per heavy atom. The monoisotopic (exact) mass is 285 g/mol. The van der Waals surface area contributed by atoms with Crippen LogP contribution in [-0.2, 0) is 6.54 Å². The zero-order chi connectivity index (χ0) is 15.1. The number of ether oxygens (including phenoxy) is 1. The molecule has 0 radical (unpaired) electrons. The second-order valence-electron chi connectivity index (χ2n) is 4.87. The Bertz CT molecular complexity index is 557. The summed E-state index contributed by atoms with van der Waals surface area (Å²) in [6.07, 6.45) is 2.78. The standard InChI is InChI=1S/C17H23N3O/c1-3-12-21-16-10-7-9-15(17(16)18)20(4-2)13-14-8-5-6-11-19-14/h5-11H,3-4,12-13,18H2,1-2H3. The highest BCUT2D eigenvalue weighted by Crippen LogP contribution is 2.32. The molecule has 0 amide bonds. The number of nitrogens with two attached hydrogens (primary N) is 1. The first-order chi connectivity index (χ1) is 10.3. The van der Waals surface area contributed by atoms with Crippen LogP contribution in [0.25, 0.3) is 0 Å². The van der Waals surface area contributed by atoms with Crippen molar-refractivity contribution in [3.8, 4) is 5.75 Å². The van der Waals surface area contributed by atoms with Crippen molar-refractivity contribution in [1.29, 1.82) is 0 Å². The third-order valence-electron chi connectivity index (χ3n) is 3.31. The van der Waals surface area contributed by atoms with E-state index in [9.17, 15) is 0 Å². The third kappa shape index (κ3) is 3.88. The lowest BCUT2D eigenvalue weighted by atomic mass is 10.2. The summed E-state index contributed by atoms with van der Waals surface area (Å²) in [5.41, 5.74) is 8.99. The van der Waals surface area contributed by atoms with E-state index >= 15 is 0 Å². The largest absolute Gasteiger partial charge is 0.491 e. The van der Waals surface area contributed by atoms with Crippen LogP contribution in [0.2, 0.25) is 0 Å². The van der Waals surface area contributed by atoms with Crippen molar-refractivity contribution in [1.82, 2.24) is 4.98 Å². The van der Waals surface area contributed by atoms with Crippen LogP contribution in [0.5, 0.6) is 5.75 Å². The van der Waals surface area contributed by atoms with E-state index in [1.54, 1.807) is 0 Å². The Hall–Kier alpha value is -2.23. The minimum Gasteiger partial charge on any atom is -0.491 e. The lowest BCUT2D eigenvalue weighted by Gasteiger charge is -2.25. The predicted octanol–water partition coefficient (Wildman–Crippen LogP) is 3.48. The van der Waals surface area contributed by atoms with Crippen LogP contribution in [0.4, 0.5) is 11.4 Å². The average molecular weight is 285 g/mol. The summed E-state index contributed by atoms with van der Waals surface area (Å²) in [4.78, 5) is 6.58. The summed E-state index contributed by atoms with van der Waals surface area (Å²) in [6, 6.07) is 11.9. The van der Waals surface area contributed by atoms with Crippen LogP contribution < -0.4 is 15.4 Å². The van der Waals surface area contributed by atoms with Gasteiger partial charge < -0.3 is 15.4 Å². The Balaban J connectivity index is 2.21. The summed E-state index contributed by atoms with van der Waals surface area (Å²) in [5.74, 6) is 0.758. The summed E-state index contributed by atoms with van der Waals surface area (Å²) in [7, 11) is 0. The van der Waals surface area contributed by atoms with E-state index in [4.69, 9.17) is 10.5 Å². The highest BCUT2D eigenvalue weighted by atomic mass is 16.5. The van der Waals surface area contributed by atoms with Gasteiger partial charge in [0.05, 0.1) is 30.2 Å². The van der Waals surface area contributed by atoms with Crippen molar-refractivity contribution < 1.29 is 4.74 Å². The Morgan fingerprint density at radius 3 is 2.67 bits per heavy atom. The van der Waals surface area contributed by atoms with Crippen LogP contribution in [-0.4, -0.2) is 18.1 Å². The molecule has 0 saturated heterocycles. The smallest absolute Gasteiger partial charge is 0.144 e. The molecular weight excluding hydrogens is 262 g/mol. The number of para-hydroxylation sites is 1. The van der Waals surface area contributed by atoms with Gasteiger partial charge in [-0.1, -0.05) is 19.1 Å². The molecule has 0 aliphatic carbocycles. The molecule has 0 saturated carbocycles. The fraction of sp³-hybridized carbons (Fsp3) is 0.353. The van der Waals surface area contributed by atoms with E-state index in [1.165, 1.54) is 0 Å². The summed E-state index contributed by atoms with van der Waals surface area (Å²) in [5, 5.41) is 0. The van der Waals surface area contributed by atoms with Gasteiger partial charge in [0.15, 0.2) is 0 Å². The SMILES string of the molecule is CCCOc1cccc(N(CC)Cc2ccccn2)c1N. The van der Waals surface area contributed by atoms with Crippen LogP contribution in [0.3, 0.4) is 0 Å². The van der Waals surface area contributed by atoms with Gasteiger partial charge >= 0.3 is 0 Å². The number of pyridine rings is 1. The zero-order valence-electron chi connectivity index (χ0n) is 12.7. The van der Waals surface area contributed by atoms with Crippen LogP contribution >= 0.6 is 0 Å². The van der Waals surface area contributed by atoms with Gasteiger partial charge in [-0.15, -0.1) is 0 Å². The third-order valence-corrected chi connectivity index (χ3v) is 3.31. The molecule has 112 valence electrons. The molecule has 0 spiro atoms. The molecule has 2 aromatic rings.